The molecule has 4 heteroatoms. The molecule has 3 atom stereocenters. The maximum absolute atomic E-state index is 14.2. The van der Waals surface area contributed by atoms with Crippen LogP contribution in [0.15, 0.2) is 84.9 Å². The summed E-state index contributed by atoms with van der Waals surface area (Å²) in [6.07, 6.45) is 10.7. The number of ether oxygens (including phenoxy) is 1. The Hall–Kier alpha value is -3.11. The zero-order valence-electron chi connectivity index (χ0n) is 25.6. The predicted octanol–water partition coefficient (Wildman–Crippen LogP) is 7.46. The molecule has 6 rings (SSSR count). The maximum atomic E-state index is 14.2. The Labute approximate surface area is 252 Å². The van der Waals surface area contributed by atoms with Crippen LogP contribution in [0, 0.1) is 5.41 Å². The zero-order valence-corrected chi connectivity index (χ0v) is 25.6. The molecule has 1 N–H and O–H groups in total. The molecular formula is C38H48N2O2. The molecule has 3 unspecified atom stereocenters. The highest BCUT2D eigenvalue weighted by Crippen LogP contribution is 2.57. The van der Waals surface area contributed by atoms with E-state index >= 15 is 0 Å². The van der Waals surface area contributed by atoms with Crippen LogP contribution in [0.1, 0.15) is 81.4 Å². The fraction of sp³-hybridized carbons (Fsp3) is 0.500. The van der Waals surface area contributed by atoms with E-state index < -0.39 is 0 Å². The minimum absolute atomic E-state index is 0.00323. The van der Waals surface area contributed by atoms with Crippen LogP contribution in [0.2, 0.25) is 0 Å². The van der Waals surface area contributed by atoms with E-state index in [0.29, 0.717) is 0 Å². The first kappa shape index (κ1) is 29.0. The van der Waals surface area contributed by atoms with Crippen molar-refractivity contribution in [1.29, 1.82) is 0 Å². The Morgan fingerprint density at radius 2 is 1.62 bits per heavy atom. The average molecular weight is 565 g/mol. The summed E-state index contributed by atoms with van der Waals surface area (Å²) in [6, 6.07) is 30.4. The van der Waals surface area contributed by atoms with Crippen LogP contribution in [-0.2, 0) is 22.0 Å². The van der Waals surface area contributed by atoms with Gasteiger partial charge < -0.3 is 15.0 Å². The molecule has 1 saturated heterocycles. The van der Waals surface area contributed by atoms with Crippen LogP contribution < -0.4 is 10.1 Å². The molecule has 3 aromatic rings. The molecule has 2 saturated carbocycles. The molecule has 222 valence electrons. The van der Waals surface area contributed by atoms with Gasteiger partial charge in [0.15, 0.2) is 0 Å². The summed E-state index contributed by atoms with van der Waals surface area (Å²) in [5.74, 6) is 1.17. The van der Waals surface area contributed by atoms with Gasteiger partial charge in [0, 0.05) is 18.0 Å². The first-order valence-electron chi connectivity index (χ1n) is 16.2. The maximum Gasteiger partial charge on any atom is 0.230 e. The van der Waals surface area contributed by atoms with Crippen LogP contribution in [0.3, 0.4) is 0 Å². The number of aryl methyl sites for hydroxylation is 1. The second kappa shape index (κ2) is 12.2. The van der Waals surface area contributed by atoms with Gasteiger partial charge in [0.2, 0.25) is 5.91 Å². The van der Waals surface area contributed by atoms with Gasteiger partial charge in [-0.2, -0.15) is 0 Å². The van der Waals surface area contributed by atoms with Crippen molar-refractivity contribution in [2.24, 2.45) is 5.41 Å². The number of hydrogen-bond acceptors (Lipinski definition) is 3. The summed E-state index contributed by atoms with van der Waals surface area (Å²) < 4.78 is 5.71. The highest BCUT2D eigenvalue weighted by molar-refractivity contribution is 5.88. The number of methoxy groups -OCH3 is 1. The lowest BCUT2D eigenvalue weighted by Gasteiger charge is -2.60. The van der Waals surface area contributed by atoms with Crippen molar-refractivity contribution in [2.75, 3.05) is 26.7 Å². The smallest absolute Gasteiger partial charge is 0.230 e. The second-order valence-corrected chi connectivity index (χ2v) is 13.6. The summed E-state index contributed by atoms with van der Waals surface area (Å²) in [6.45, 7) is 5.86. The van der Waals surface area contributed by atoms with Gasteiger partial charge in [-0.1, -0.05) is 92.6 Å². The SMILES string of the molecule is COc1cccc(C23CCN(CCCc4ccccc4)CC2(C)CCC(NC(=O)C2(c4ccccc4)CCCC2)C3)c1. The molecule has 42 heavy (non-hydrogen) atoms. The molecule has 0 radical (unpaired) electrons. The fourth-order valence-corrected chi connectivity index (χ4v) is 8.76. The van der Waals surface area contributed by atoms with Crippen molar-refractivity contribution in [3.8, 4) is 5.75 Å². The topological polar surface area (TPSA) is 41.6 Å². The first-order chi connectivity index (χ1) is 20.5. The van der Waals surface area contributed by atoms with Crippen LogP contribution in [0.4, 0.5) is 0 Å². The third kappa shape index (κ3) is 5.51. The Balaban J connectivity index is 1.22. The fourth-order valence-electron chi connectivity index (χ4n) is 8.76. The van der Waals surface area contributed by atoms with E-state index in [0.717, 1.165) is 83.2 Å². The van der Waals surface area contributed by atoms with Crippen LogP contribution in [0.25, 0.3) is 0 Å². The average Bonchev–Trinajstić information content (AvgIpc) is 3.54. The van der Waals surface area contributed by atoms with Crippen LogP contribution in [0.5, 0.6) is 5.75 Å². The molecule has 1 aliphatic heterocycles. The van der Waals surface area contributed by atoms with Gasteiger partial charge >= 0.3 is 0 Å². The number of nitrogens with zero attached hydrogens (tertiary/aromatic N) is 1. The minimum atomic E-state index is -0.382. The van der Waals surface area contributed by atoms with Crippen molar-refractivity contribution in [1.82, 2.24) is 10.2 Å². The summed E-state index contributed by atoms with van der Waals surface area (Å²) in [4.78, 5) is 16.9. The Morgan fingerprint density at radius 1 is 0.905 bits per heavy atom. The van der Waals surface area contributed by atoms with Crippen molar-refractivity contribution in [3.05, 3.63) is 102 Å². The normalized spacial score (nSPS) is 27.2. The van der Waals surface area contributed by atoms with Crippen molar-refractivity contribution < 1.29 is 9.53 Å². The Morgan fingerprint density at radius 3 is 2.36 bits per heavy atom. The number of benzene rings is 3. The van der Waals surface area contributed by atoms with Crippen molar-refractivity contribution >= 4 is 5.91 Å². The number of rotatable bonds is 9. The van der Waals surface area contributed by atoms with E-state index in [-0.39, 0.29) is 28.2 Å². The van der Waals surface area contributed by atoms with Crippen LogP contribution in [-0.4, -0.2) is 43.6 Å². The molecule has 3 fully saturated rings. The van der Waals surface area contributed by atoms with Crippen molar-refractivity contribution in [2.45, 2.75) is 88.0 Å². The molecular weight excluding hydrogens is 516 g/mol. The van der Waals surface area contributed by atoms with Gasteiger partial charge in [0.1, 0.15) is 5.75 Å². The van der Waals surface area contributed by atoms with Crippen molar-refractivity contribution in [3.63, 3.8) is 0 Å². The molecule has 0 bridgehead atoms. The van der Waals surface area contributed by atoms with E-state index in [4.69, 9.17) is 4.74 Å². The lowest BCUT2D eigenvalue weighted by molar-refractivity contribution is -0.128. The third-order valence-corrected chi connectivity index (χ3v) is 11.2. The third-order valence-electron chi connectivity index (χ3n) is 11.2. The quantitative estimate of drug-likeness (QED) is 0.293. The van der Waals surface area contributed by atoms with Crippen LogP contribution >= 0.6 is 0 Å². The molecule has 4 nitrogen and oxygen atoms in total. The van der Waals surface area contributed by atoms with E-state index in [1.807, 2.05) is 0 Å². The van der Waals surface area contributed by atoms with E-state index in [1.54, 1.807) is 7.11 Å². The van der Waals surface area contributed by atoms with Gasteiger partial charge in [-0.3, -0.25) is 4.79 Å². The standard InChI is InChI=1S/C38H48N2O2/c1-36-23-20-33(39-35(41)37(21-9-10-22-37)31-16-7-4-8-17-31)28-38(36,32-18-11-19-34(27-32)42-2)24-26-40(29-36)25-12-15-30-13-5-3-6-14-30/h3-8,11,13-14,16-19,27,33H,9-10,12,15,20-26,28-29H2,1-2H3,(H,39,41). The highest BCUT2D eigenvalue weighted by atomic mass is 16.5. The number of likely N-dealkylation sites (tertiary alicyclic amines) is 1. The molecule has 3 aromatic carbocycles. The number of nitrogens with one attached hydrogen (secondary N) is 1. The first-order valence-corrected chi connectivity index (χ1v) is 16.2. The molecule has 2 aliphatic carbocycles. The lowest BCUT2D eigenvalue weighted by Crippen LogP contribution is -2.62. The summed E-state index contributed by atoms with van der Waals surface area (Å²) >= 11 is 0. The lowest BCUT2D eigenvalue weighted by atomic mass is 9.50. The van der Waals surface area contributed by atoms with Gasteiger partial charge in [-0.25, -0.2) is 0 Å². The number of carbonyl (C=O) groups is 1. The molecule has 1 amide bonds. The van der Waals surface area contributed by atoms with E-state index in [2.05, 4.69) is 102 Å². The number of piperidine rings is 1. The van der Waals surface area contributed by atoms with Gasteiger partial charge in [-0.05, 0) is 98.7 Å². The number of hydrogen-bond donors (Lipinski definition) is 1. The summed E-state index contributed by atoms with van der Waals surface area (Å²) in [5.41, 5.74) is 3.75. The van der Waals surface area contributed by atoms with Gasteiger partial charge in [0.05, 0.1) is 12.5 Å². The van der Waals surface area contributed by atoms with E-state index in [1.165, 1.54) is 23.1 Å². The predicted molar refractivity (Wildman–Crippen MR) is 171 cm³/mol. The Kier molecular flexibility index (Phi) is 8.45. The number of carbonyl (C=O) groups excluding carboxylic acids is 1. The zero-order chi connectivity index (χ0) is 29.0. The van der Waals surface area contributed by atoms with Gasteiger partial charge in [0.25, 0.3) is 0 Å². The molecule has 0 spiro atoms. The molecule has 3 aliphatic rings. The second-order valence-electron chi connectivity index (χ2n) is 13.6. The number of amides is 1. The Bertz CT molecular complexity index is 1340. The summed E-state index contributed by atoms with van der Waals surface area (Å²) in [7, 11) is 1.76. The molecule has 0 aromatic heterocycles. The monoisotopic (exact) mass is 564 g/mol. The summed E-state index contributed by atoms with van der Waals surface area (Å²) in [5, 5.41) is 3.65. The number of fused-ring (bicyclic) bond motifs is 1. The minimum Gasteiger partial charge on any atom is -0.497 e. The highest BCUT2D eigenvalue weighted by Gasteiger charge is 2.56. The molecule has 1 heterocycles. The largest absolute Gasteiger partial charge is 0.497 e. The van der Waals surface area contributed by atoms with E-state index in [9.17, 15) is 4.79 Å². The van der Waals surface area contributed by atoms with Gasteiger partial charge in [-0.15, -0.1) is 0 Å².